The van der Waals surface area contributed by atoms with Crippen molar-refractivity contribution < 1.29 is 15.0 Å². The van der Waals surface area contributed by atoms with Crippen molar-refractivity contribution in [3.8, 4) is 11.4 Å². The van der Waals surface area contributed by atoms with E-state index < -0.39 is 5.60 Å². The van der Waals surface area contributed by atoms with Gasteiger partial charge in [-0.05, 0) is 31.4 Å². The minimum atomic E-state index is -1.06. The number of aromatic nitrogens is 2. The number of carbonyl (C=O) groups is 1. The fourth-order valence-electron chi connectivity index (χ4n) is 2.95. The van der Waals surface area contributed by atoms with Crippen LogP contribution in [0.15, 0.2) is 36.7 Å². The van der Waals surface area contributed by atoms with Crippen LogP contribution >= 0.6 is 0 Å². The first kappa shape index (κ1) is 15.7. The zero-order chi connectivity index (χ0) is 16.3. The van der Waals surface area contributed by atoms with Gasteiger partial charge in [0.15, 0.2) is 0 Å². The summed E-state index contributed by atoms with van der Waals surface area (Å²) in [5, 5.41) is 19.5. The number of amides is 1. The number of H-pyrrole nitrogens is 1. The van der Waals surface area contributed by atoms with Crippen LogP contribution in [0.3, 0.4) is 0 Å². The van der Waals surface area contributed by atoms with Gasteiger partial charge in [-0.1, -0.05) is 12.1 Å². The number of aliphatic hydroxyl groups is 2. The second-order valence-electron chi connectivity index (χ2n) is 6.05. The van der Waals surface area contributed by atoms with E-state index in [2.05, 4.69) is 9.97 Å². The molecule has 0 radical (unpaired) electrons. The molecule has 1 aliphatic heterocycles. The van der Waals surface area contributed by atoms with E-state index >= 15 is 0 Å². The molecule has 0 spiro atoms. The quantitative estimate of drug-likeness (QED) is 0.799. The van der Waals surface area contributed by atoms with Crippen LogP contribution in [-0.2, 0) is 0 Å². The summed E-state index contributed by atoms with van der Waals surface area (Å²) in [6.07, 6.45) is 5.01. The molecule has 0 unspecified atom stereocenters. The summed E-state index contributed by atoms with van der Waals surface area (Å²) >= 11 is 0. The van der Waals surface area contributed by atoms with Gasteiger partial charge in [-0.15, -0.1) is 0 Å². The molecule has 6 heteroatoms. The highest BCUT2D eigenvalue weighted by Gasteiger charge is 2.31. The lowest BCUT2D eigenvalue weighted by Gasteiger charge is -2.24. The Morgan fingerprint density at radius 2 is 2.22 bits per heavy atom. The lowest BCUT2D eigenvalue weighted by Crippen LogP contribution is -2.36. The van der Waals surface area contributed by atoms with Gasteiger partial charge in [0.2, 0.25) is 0 Å². The highest BCUT2D eigenvalue weighted by Crippen LogP contribution is 2.23. The van der Waals surface area contributed by atoms with Gasteiger partial charge in [-0.25, -0.2) is 4.98 Å². The molecule has 3 N–H and O–H groups in total. The molecule has 1 fully saturated rings. The highest BCUT2D eigenvalue weighted by atomic mass is 16.3. The Balaban J connectivity index is 1.77. The average molecular weight is 315 g/mol. The molecule has 1 atom stereocenters. The molecule has 122 valence electrons. The first-order chi connectivity index (χ1) is 11.1. The summed E-state index contributed by atoms with van der Waals surface area (Å²) in [4.78, 5) is 21.7. The molecule has 0 bridgehead atoms. The summed E-state index contributed by atoms with van der Waals surface area (Å²) in [5.74, 6) is 0.672. The first-order valence-electron chi connectivity index (χ1n) is 7.84. The number of nitrogens with one attached hydrogen (secondary N) is 1. The lowest BCUT2D eigenvalue weighted by molar-refractivity contribution is -0.0250. The number of aliphatic hydroxyl groups excluding tert-OH is 1. The van der Waals surface area contributed by atoms with Crippen LogP contribution in [0.2, 0.25) is 0 Å². The van der Waals surface area contributed by atoms with Crippen molar-refractivity contribution in [2.75, 3.05) is 19.7 Å². The topological polar surface area (TPSA) is 89.5 Å². The Bertz CT molecular complexity index is 671. The number of imidazole rings is 1. The van der Waals surface area contributed by atoms with Crippen molar-refractivity contribution in [1.82, 2.24) is 14.9 Å². The number of benzene rings is 1. The predicted octanol–water partition coefficient (Wildman–Crippen LogP) is 1.43. The fourth-order valence-corrected chi connectivity index (χ4v) is 2.95. The average Bonchev–Trinajstić information content (AvgIpc) is 3.05. The number of likely N-dealkylation sites (tertiary alicyclic amines) is 1. The van der Waals surface area contributed by atoms with Crippen LogP contribution in [0.1, 0.15) is 29.6 Å². The Labute approximate surface area is 134 Å². The highest BCUT2D eigenvalue weighted by molar-refractivity contribution is 5.95. The molecular weight excluding hydrogens is 294 g/mol. The number of hydrogen-bond acceptors (Lipinski definition) is 4. The monoisotopic (exact) mass is 315 g/mol. The third-order valence-electron chi connectivity index (χ3n) is 4.38. The molecule has 1 aromatic carbocycles. The molecule has 1 amide bonds. The molecule has 1 aromatic heterocycles. The van der Waals surface area contributed by atoms with Gasteiger partial charge in [0.25, 0.3) is 5.91 Å². The molecule has 2 aromatic rings. The SMILES string of the molecule is O=C(c1cccc(-c2ncc[nH]2)c1)N1CCC[C@](O)(CO)CC1. The second kappa shape index (κ2) is 6.52. The van der Waals surface area contributed by atoms with E-state index in [1.165, 1.54) is 0 Å². The van der Waals surface area contributed by atoms with Crippen LogP contribution < -0.4 is 0 Å². The van der Waals surface area contributed by atoms with Crippen molar-refractivity contribution in [3.05, 3.63) is 42.2 Å². The zero-order valence-corrected chi connectivity index (χ0v) is 12.9. The number of rotatable bonds is 3. The van der Waals surface area contributed by atoms with Crippen molar-refractivity contribution >= 4 is 5.91 Å². The molecule has 0 aliphatic carbocycles. The van der Waals surface area contributed by atoms with Crippen LogP contribution in [0.5, 0.6) is 0 Å². The molecule has 3 rings (SSSR count). The van der Waals surface area contributed by atoms with E-state index in [9.17, 15) is 15.0 Å². The Morgan fingerprint density at radius 1 is 1.35 bits per heavy atom. The van der Waals surface area contributed by atoms with Crippen LogP contribution in [0, 0.1) is 0 Å². The van der Waals surface area contributed by atoms with Gasteiger partial charge in [0.05, 0.1) is 12.2 Å². The molecule has 1 aliphatic rings. The summed E-state index contributed by atoms with van der Waals surface area (Å²) in [5.41, 5.74) is 0.404. The summed E-state index contributed by atoms with van der Waals surface area (Å²) < 4.78 is 0. The standard InChI is InChI=1S/C17H21N3O3/c21-12-17(23)5-2-9-20(10-6-17)16(22)14-4-1-3-13(11-14)15-18-7-8-19-15/h1,3-4,7-8,11,21,23H,2,5-6,9-10,12H2,(H,18,19)/t17-/m1/s1. The van der Waals surface area contributed by atoms with Crippen LogP contribution in [0.4, 0.5) is 0 Å². The largest absolute Gasteiger partial charge is 0.393 e. The predicted molar refractivity (Wildman–Crippen MR) is 85.8 cm³/mol. The first-order valence-corrected chi connectivity index (χ1v) is 7.84. The van der Waals surface area contributed by atoms with E-state index in [1.807, 2.05) is 18.2 Å². The smallest absolute Gasteiger partial charge is 0.253 e. The second-order valence-corrected chi connectivity index (χ2v) is 6.05. The molecule has 23 heavy (non-hydrogen) atoms. The number of hydrogen-bond donors (Lipinski definition) is 3. The maximum atomic E-state index is 12.7. The zero-order valence-electron chi connectivity index (χ0n) is 12.9. The normalized spacial score (nSPS) is 21.9. The Kier molecular flexibility index (Phi) is 4.45. The number of aromatic amines is 1. The van der Waals surface area contributed by atoms with Crippen LogP contribution in [0.25, 0.3) is 11.4 Å². The summed E-state index contributed by atoms with van der Waals surface area (Å²) in [7, 11) is 0. The minimum Gasteiger partial charge on any atom is -0.393 e. The maximum Gasteiger partial charge on any atom is 0.253 e. The number of carbonyl (C=O) groups excluding carboxylic acids is 1. The number of nitrogens with zero attached hydrogens (tertiary/aromatic N) is 2. The molecule has 2 heterocycles. The van der Waals surface area contributed by atoms with E-state index in [-0.39, 0.29) is 12.5 Å². The third kappa shape index (κ3) is 3.43. The lowest BCUT2D eigenvalue weighted by atomic mass is 9.96. The van der Waals surface area contributed by atoms with E-state index in [1.54, 1.807) is 23.4 Å². The van der Waals surface area contributed by atoms with Gasteiger partial charge < -0.3 is 20.1 Å². The van der Waals surface area contributed by atoms with Crippen molar-refractivity contribution in [2.24, 2.45) is 0 Å². The fraction of sp³-hybridized carbons (Fsp3) is 0.412. The van der Waals surface area contributed by atoms with Crippen LogP contribution in [-0.4, -0.2) is 56.3 Å². The van der Waals surface area contributed by atoms with Gasteiger partial charge in [0, 0.05) is 36.6 Å². The minimum absolute atomic E-state index is 0.0550. The van der Waals surface area contributed by atoms with E-state index in [4.69, 9.17) is 0 Å². The molecular formula is C17H21N3O3. The molecule has 1 saturated heterocycles. The third-order valence-corrected chi connectivity index (χ3v) is 4.38. The Hall–Kier alpha value is -2.18. The Morgan fingerprint density at radius 3 is 2.96 bits per heavy atom. The van der Waals surface area contributed by atoms with Gasteiger partial charge in [-0.3, -0.25) is 4.79 Å². The van der Waals surface area contributed by atoms with E-state index in [0.717, 1.165) is 11.4 Å². The summed E-state index contributed by atoms with van der Waals surface area (Å²) in [6, 6.07) is 7.36. The van der Waals surface area contributed by atoms with Gasteiger partial charge in [0.1, 0.15) is 5.82 Å². The van der Waals surface area contributed by atoms with Gasteiger partial charge >= 0.3 is 0 Å². The summed E-state index contributed by atoms with van der Waals surface area (Å²) in [6.45, 7) is 0.774. The van der Waals surface area contributed by atoms with Crippen molar-refractivity contribution in [1.29, 1.82) is 0 Å². The van der Waals surface area contributed by atoms with Crippen molar-refractivity contribution in [2.45, 2.75) is 24.9 Å². The van der Waals surface area contributed by atoms with Gasteiger partial charge in [-0.2, -0.15) is 0 Å². The maximum absolute atomic E-state index is 12.7. The van der Waals surface area contributed by atoms with Crippen molar-refractivity contribution in [3.63, 3.8) is 0 Å². The van der Waals surface area contributed by atoms with E-state index in [0.29, 0.717) is 37.9 Å². The molecule has 0 saturated carbocycles. The molecule has 6 nitrogen and oxygen atoms in total.